The minimum absolute atomic E-state index is 0.116. The molecule has 1 aromatic carbocycles. The molecule has 29 heavy (non-hydrogen) atoms. The number of anilines is 1. The average Bonchev–Trinajstić information content (AvgIpc) is 3.31. The Kier molecular flexibility index (Phi) is 6.50. The molecule has 9 nitrogen and oxygen atoms in total. The largest absolute Gasteiger partial charge is 0.471 e. The second kappa shape index (κ2) is 9.24. The predicted octanol–water partition coefficient (Wildman–Crippen LogP) is 2.70. The number of hydrogen-bond acceptors (Lipinski definition) is 5. The minimum atomic E-state index is -0.455. The summed E-state index contributed by atoms with van der Waals surface area (Å²) in [6.45, 7) is 2.61. The molecule has 152 valence electrons. The fourth-order valence-corrected chi connectivity index (χ4v) is 2.74. The quantitative estimate of drug-likeness (QED) is 0.587. The lowest BCUT2D eigenvalue weighted by Gasteiger charge is -2.08. The van der Waals surface area contributed by atoms with Crippen LogP contribution in [0, 0.1) is 0 Å². The van der Waals surface area contributed by atoms with Crippen molar-refractivity contribution in [2.45, 2.75) is 20.1 Å². The van der Waals surface area contributed by atoms with Gasteiger partial charge in [0.25, 0.3) is 11.8 Å². The molecule has 0 spiro atoms. The zero-order valence-corrected chi connectivity index (χ0v) is 16.8. The highest BCUT2D eigenvalue weighted by Crippen LogP contribution is 2.18. The first-order valence-electron chi connectivity index (χ1n) is 9.01. The van der Waals surface area contributed by atoms with Gasteiger partial charge in [-0.05, 0) is 30.7 Å². The summed E-state index contributed by atoms with van der Waals surface area (Å²) in [4.78, 5) is 24.8. The monoisotopic (exact) mass is 416 g/mol. The third-order valence-corrected chi connectivity index (χ3v) is 4.21. The van der Waals surface area contributed by atoms with Crippen LogP contribution in [0.25, 0.3) is 0 Å². The van der Waals surface area contributed by atoms with Gasteiger partial charge >= 0.3 is 0 Å². The van der Waals surface area contributed by atoms with Crippen molar-refractivity contribution < 1.29 is 14.3 Å². The highest BCUT2D eigenvalue weighted by atomic mass is 35.5. The molecule has 0 fully saturated rings. The third-order valence-electron chi connectivity index (χ3n) is 3.97. The molecule has 0 bridgehead atoms. The number of carbonyl (C=O) groups is 2. The van der Waals surface area contributed by atoms with Gasteiger partial charge in [-0.1, -0.05) is 24.6 Å². The van der Waals surface area contributed by atoms with Crippen LogP contribution in [-0.4, -0.2) is 37.9 Å². The lowest BCUT2D eigenvalue weighted by atomic mass is 10.3. The number of ether oxygens (including phenoxy) is 1. The molecule has 0 aliphatic carbocycles. The smallest absolute Gasteiger partial charge is 0.276 e. The van der Waals surface area contributed by atoms with E-state index < -0.39 is 5.91 Å². The number of aryl methyl sites for hydroxylation is 1. The van der Waals surface area contributed by atoms with Crippen molar-refractivity contribution in [3.8, 4) is 5.75 Å². The second-order valence-corrected chi connectivity index (χ2v) is 6.65. The Hall–Kier alpha value is -3.33. The van der Waals surface area contributed by atoms with Gasteiger partial charge in [-0.3, -0.25) is 14.3 Å². The Bertz CT molecular complexity index is 1010. The standard InChI is InChI=1S/C19H21ClN6O3/c1-3-8-21-19(28)17-16(11-22-25(17)2)23-18(27)15-7-9-26(24-15)12-29-14-6-4-5-13(20)10-14/h4-7,9-11H,3,8,12H2,1-2H3,(H,21,28)(H,23,27). The van der Waals surface area contributed by atoms with Gasteiger partial charge in [-0.2, -0.15) is 10.2 Å². The van der Waals surface area contributed by atoms with E-state index in [0.717, 1.165) is 6.42 Å². The van der Waals surface area contributed by atoms with E-state index in [-0.39, 0.29) is 24.0 Å². The van der Waals surface area contributed by atoms with Gasteiger partial charge in [-0.15, -0.1) is 0 Å². The molecular formula is C19H21ClN6O3. The molecule has 10 heteroatoms. The number of halogens is 1. The van der Waals surface area contributed by atoms with Crippen LogP contribution in [0.4, 0.5) is 5.69 Å². The summed E-state index contributed by atoms with van der Waals surface area (Å²) < 4.78 is 8.49. The van der Waals surface area contributed by atoms with Gasteiger partial charge in [-0.25, -0.2) is 4.68 Å². The molecule has 2 heterocycles. The van der Waals surface area contributed by atoms with E-state index in [1.807, 2.05) is 6.92 Å². The second-order valence-electron chi connectivity index (χ2n) is 6.21. The summed E-state index contributed by atoms with van der Waals surface area (Å²) in [5, 5.41) is 14.3. The Morgan fingerprint density at radius 3 is 2.83 bits per heavy atom. The molecule has 0 aliphatic heterocycles. The van der Waals surface area contributed by atoms with E-state index in [4.69, 9.17) is 16.3 Å². The maximum Gasteiger partial charge on any atom is 0.276 e. The SMILES string of the molecule is CCCNC(=O)c1c(NC(=O)c2ccn(COc3cccc(Cl)c3)n2)cnn1C. The van der Waals surface area contributed by atoms with Gasteiger partial charge < -0.3 is 15.4 Å². The van der Waals surface area contributed by atoms with Crippen LogP contribution in [0.15, 0.2) is 42.7 Å². The number of amides is 2. The Labute approximate surface area is 172 Å². The first-order chi connectivity index (χ1) is 14.0. The van der Waals surface area contributed by atoms with Crippen LogP contribution in [0.3, 0.4) is 0 Å². The number of rotatable bonds is 8. The molecule has 0 saturated heterocycles. The Morgan fingerprint density at radius 2 is 2.07 bits per heavy atom. The van der Waals surface area contributed by atoms with Crippen LogP contribution in [-0.2, 0) is 13.8 Å². The number of nitrogens with zero attached hydrogens (tertiary/aromatic N) is 4. The predicted molar refractivity (Wildman–Crippen MR) is 108 cm³/mol. The topological polar surface area (TPSA) is 103 Å². The van der Waals surface area contributed by atoms with Gasteiger partial charge in [0.2, 0.25) is 0 Å². The van der Waals surface area contributed by atoms with Gasteiger partial charge in [0.15, 0.2) is 12.4 Å². The molecule has 0 radical (unpaired) electrons. The molecule has 0 unspecified atom stereocenters. The molecule has 2 aromatic heterocycles. The normalized spacial score (nSPS) is 10.6. The molecule has 3 rings (SSSR count). The van der Waals surface area contributed by atoms with Crippen LogP contribution in [0.2, 0.25) is 5.02 Å². The molecular weight excluding hydrogens is 396 g/mol. The fraction of sp³-hybridized carbons (Fsp3) is 0.263. The number of nitrogens with one attached hydrogen (secondary N) is 2. The zero-order chi connectivity index (χ0) is 20.8. The van der Waals surface area contributed by atoms with Crippen molar-refractivity contribution in [2.75, 3.05) is 11.9 Å². The van der Waals surface area contributed by atoms with E-state index in [0.29, 0.717) is 23.0 Å². The first-order valence-corrected chi connectivity index (χ1v) is 9.39. The Balaban J connectivity index is 1.64. The lowest BCUT2D eigenvalue weighted by Crippen LogP contribution is -2.27. The van der Waals surface area contributed by atoms with E-state index in [2.05, 4.69) is 20.8 Å². The molecule has 2 amide bonds. The summed E-state index contributed by atoms with van der Waals surface area (Å²) in [7, 11) is 1.64. The minimum Gasteiger partial charge on any atom is -0.471 e. The highest BCUT2D eigenvalue weighted by molar-refractivity contribution is 6.30. The van der Waals surface area contributed by atoms with Gasteiger partial charge in [0.05, 0.1) is 11.9 Å². The fourth-order valence-electron chi connectivity index (χ4n) is 2.56. The zero-order valence-electron chi connectivity index (χ0n) is 16.1. The van der Waals surface area contributed by atoms with Crippen molar-refractivity contribution in [1.29, 1.82) is 0 Å². The van der Waals surface area contributed by atoms with Crippen LogP contribution < -0.4 is 15.4 Å². The van der Waals surface area contributed by atoms with E-state index >= 15 is 0 Å². The van der Waals surface area contributed by atoms with Gasteiger partial charge in [0.1, 0.15) is 11.4 Å². The maximum atomic E-state index is 12.5. The Morgan fingerprint density at radius 1 is 1.24 bits per heavy atom. The summed E-state index contributed by atoms with van der Waals surface area (Å²) in [5.41, 5.74) is 0.773. The van der Waals surface area contributed by atoms with E-state index in [1.54, 1.807) is 43.6 Å². The van der Waals surface area contributed by atoms with Crippen LogP contribution in [0.1, 0.15) is 34.3 Å². The number of carbonyl (C=O) groups excluding carboxylic acids is 2. The molecule has 0 saturated carbocycles. The number of hydrogen-bond donors (Lipinski definition) is 2. The number of aromatic nitrogens is 4. The van der Waals surface area contributed by atoms with E-state index in [1.165, 1.54) is 15.6 Å². The highest BCUT2D eigenvalue weighted by Gasteiger charge is 2.19. The molecule has 0 aliphatic rings. The molecule has 3 aromatic rings. The van der Waals surface area contributed by atoms with E-state index in [9.17, 15) is 9.59 Å². The van der Waals surface area contributed by atoms with Crippen molar-refractivity contribution >= 4 is 29.1 Å². The lowest BCUT2D eigenvalue weighted by molar-refractivity contribution is 0.0945. The maximum absolute atomic E-state index is 12.5. The van der Waals surface area contributed by atoms with Gasteiger partial charge in [0, 0.05) is 24.8 Å². The number of benzene rings is 1. The summed E-state index contributed by atoms with van der Waals surface area (Å²) in [6.07, 6.45) is 3.86. The molecule has 2 N–H and O–H groups in total. The van der Waals surface area contributed by atoms with Crippen molar-refractivity contribution in [2.24, 2.45) is 7.05 Å². The summed E-state index contributed by atoms with van der Waals surface area (Å²) in [5.74, 6) is -0.163. The first kappa shape index (κ1) is 20.4. The van der Waals surface area contributed by atoms with Crippen molar-refractivity contribution in [1.82, 2.24) is 24.9 Å². The van der Waals surface area contributed by atoms with Crippen molar-refractivity contribution in [3.63, 3.8) is 0 Å². The third kappa shape index (κ3) is 5.14. The summed E-state index contributed by atoms with van der Waals surface area (Å²) in [6, 6.07) is 8.55. The average molecular weight is 417 g/mol. The van der Waals surface area contributed by atoms with Crippen LogP contribution in [0.5, 0.6) is 5.75 Å². The van der Waals surface area contributed by atoms with Crippen molar-refractivity contribution in [3.05, 3.63) is 59.1 Å². The summed E-state index contributed by atoms with van der Waals surface area (Å²) >= 11 is 5.92. The molecule has 0 atom stereocenters. The van der Waals surface area contributed by atoms with Crippen LogP contribution >= 0.6 is 11.6 Å².